The molecule has 1 aromatic heterocycles. The minimum Gasteiger partial charge on any atom is -0.385 e. The number of aromatic nitrogens is 1. The summed E-state index contributed by atoms with van der Waals surface area (Å²) in [6.45, 7) is 3.66. The van der Waals surface area contributed by atoms with Gasteiger partial charge < -0.3 is 14.6 Å². The van der Waals surface area contributed by atoms with Gasteiger partial charge in [-0.25, -0.2) is 0 Å². The molecular formula is C9H16N2O2. The van der Waals surface area contributed by atoms with Gasteiger partial charge in [-0.15, -0.1) is 0 Å². The molecular weight excluding hydrogens is 168 g/mol. The molecule has 4 heteroatoms. The highest BCUT2D eigenvalue weighted by Crippen LogP contribution is 1.96. The second kappa shape index (κ2) is 5.72. The molecule has 1 heterocycles. The van der Waals surface area contributed by atoms with Crippen LogP contribution in [0.5, 0.6) is 0 Å². The quantitative estimate of drug-likeness (QED) is 0.721. The Bertz CT molecular complexity index is 211. The van der Waals surface area contributed by atoms with Crippen LogP contribution < -0.4 is 5.32 Å². The average Bonchev–Trinajstić information content (AvgIpc) is 2.64. The lowest BCUT2D eigenvalue weighted by atomic mass is 10.2. The molecule has 0 spiro atoms. The van der Waals surface area contributed by atoms with Gasteiger partial charge in [0, 0.05) is 32.4 Å². The zero-order chi connectivity index (χ0) is 9.52. The van der Waals surface area contributed by atoms with Gasteiger partial charge in [0.25, 0.3) is 0 Å². The number of ether oxygens (including phenoxy) is 1. The molecule has 0 aliphatic rings. The van der Waals surface area contributed by atoms with Gasteiger partial charge in [-0.05, 0) is 13.3 Å². The maximum atomic E-state index is 4.98. The third-order valence-electron chi connectivity index (χ3n) is 1.88. The van der Waals surface area contributed by atoms with Gasteiger partial charge in [0.2, 0.25) is 0 Å². The van der Waals surface area contributed by atoms with Crippen molar-refractivity contribution < 1.29 is 9.26 Å². The molecule has 1 N–H and O–H groups in total. The number of methoxy groups -OCH3 is 1. The summed E-state index contributed by atoms with van der Waals surface area (Å²) in [5, 5.41) is 7.12. The van der Waals surface area contributed by atoms with E-state index in [1.54, 1.807) is 13.4 Å². The van der Waals surface area contributed by atoms with Crippen LogP contribution in [0.15, 0.2) is 16.9 Å². The second-order valence-electron chi connectivity index (χ2n) is 3.05. The summed E-state index contributed by atoms with van der Waals surface area (Å²) < 4.78 is 9.69. The van der Waals surface area contributed by atoms with Crippen molar-refractivity contribution in [2.24, 2.45) is 0 Å². The number of hydrogen-bond acceptors (Lipinski definition) is 4. The first-order chi connectivity index (χ1) is 6.33. The zero-order valence-electron chi connectivity index (χ0n) is 8.12. The van der Waals surface area contributed by atoms with Gasteiger partial charge in [-0.2, -0.15) is 0 Å². The van der Waals surface area contributed by atoms with Gasteiger partial charge >= 0.3 is 0 Å². The van der Waals surface area contributed by atoms with E-state index in [9.17, 15) is 0 Å². The van der Waals surface area contributed by atoms with Crippen molar-refractivity contribution >= 4 is 0 Å². The SMILES string of the molecule is COCCC(C)NCc1ccon1. The first-order valence-electron chi connectivity index (χ1n) is 4.44. The molecule has 0 saturated carbocycles. The molecule has 0 saturated heterocycles. The fraction of sp³-hybridized carbons (Fsp3) is 0.667. The van der Waals surface area contributed by atoms with Crippen molar-refractivity contribution in [2.75, 3.05) is 13.7 Å². The number of nitrogens with zero attached hydrogens (tertiary/aromatic N) is 1. The number of nitrogens with one attached hydrogen (secondary N) is 1. The molecule has 0 aliphatic heterocycles. The molecule has 0 fully saturated rings. The third kappa shape index (κ3) is 4.05. The van der Waals surface area contributed by atoms with Crippen LogP contribution in [0, 0.1) is 0 Å². The lowest BCUT2D eigenvalue weighted by Gasteiger charge is -2.11. The van der Waals surface area contributed by atoms with Crippen molar-refractivity contribution in [1.82, 2.24) is 10.5 Å². The number of hydrogen-bond donors (Lipinski definition) is 1. The lowest BCUT2D eigenvalue weighted by Crippen LogP contribution is -2.26. The molecule has 74 valence electrons. The summed E-state index contributed by atoms with van der Waals surface area (Å²) in [5.74, 6) is 0. The Morgan fingerprint density at radius 1 is 1.69 bits per heavy atom. The summed E-state index contributed by atoms with van der Waals surface area (Å²) in [6, 6.07) is 2.30. The summed E-state index contributed by atoms with van der Waals surface area (Å²) in [6.07, 6.45) is 2.59. The van der Waals surface area contributed by atoms with E-state index in [2.05, 4.69) is 17.4 Å². The maximum absolute atomic E-state index is 4.98. The molecule has 0 aliphatic carbocycles. The molecule has 1 atom stereocenters. The smallest absolute Gasteiger partial charge is 0.124 e. The van der Waals surface area contributed by atoms with Crippen molar-refractivity contribution in [3.63, 3.8) is 0 Å². The van der Waals surface area contributed by atoms with Crippen LogP contribution in [-0.4, -0.2) is 24.9 Å². The van der Waals surface area contributed by atoms with Crippen LogP contribution in [0.4, 0.5) is 0 Å². The minimum atomic E-state index is 0.441. The van der Waals surface area contributed by atoms with Crippen molar-refractivity contribution in [2.45, 2.75) is 25.9 Å². The molecule has 13 heavy (non-hydrogen) atoms. The number of rotatable bonds is 6. The molecule has 0 radical (unpaired) electrons. The monoisotopic (exact) mass is 184 g/mol. The van der Waals surface area contributed by atoms with Crippen LogP contribution in [0.3, 0.4) is 0 Å². The molecule has 1 aromatic rings. The highest BCUT2D eigenvalue weighted by molar-refractivity contribution is 4.94. The fourth-order valence-electron chi connectivity index (χ4n) is 1.00. The Kier molecular flexibility index (Phi) is 4.49. The van der Waals surface area contributed by atoms with E-state index in [0.717, 1.165) is 25.3 Å². The highest BCUT2D eigenvalue weighted by Gasteiger charge is 2.01. The van der Waals surface area contributed by atoms with Gasteiger partial charge in [-0.1, -0.05) is 5.16 Å². The normalized spacial score (nSPS) is 13.1. The van der Waals surface area contributed by atoms with E-state index in [0.29, 0.717) is 6.04 Å². The fourth-order valence-corrected chi connectivity index (χ4v) is 1.00. The molecule has 1 unspecified atom stereocenters. The van der Waals surface area contributed by atoms with E-state index in [1.165, 1.54) is 0 Å². The van der Waals surface area contributed by atoms with Crippen LogP contribution in [-0.2, 0) is 11.3 Å². The standard InChI is InChI=1S/C9H16N2O2/c1-8(3-5-12-2)10-7-9-4-6-13-11-9/h4,6,8,10H,3,5,7H2,1-2H3. The highest BCUT2D eigenvalue weighted by atomic mass is 16.5. The van der Waals surface area contributed by atoms with Gasteiger partial charge in [0.1, 0.15) is 6.26 Å². The molecule has 0 aromatic carbocycles. The average molecular weight is 184 g/mol. The Morgan fingerprint density at radius 3 is 3.15 bits per heavy atom. The lowest BCUT2D eigenvalue weighted by molar-refractivity contribution is 0.184. The van der Waals surface area contributed by atoms with Gasteiger partial charge in [0.15, 0.2) is 0 Å². The minimum absolute atomic E-state index is 0.441. The Balaban J connectivity index is 2.11. The van der Waals surface area contributed by atoms with Crippen LogP contribution in [0.1, 0.15) is 19.0 Å². The topological polar surface area (TPSA) is 47.3 Å². The summed E-state index contributed by atoms with van der Waals surface area (Å²) in [7, 11) is 1.71. The summed E-state index contributed by atoms with van der Waals surface area (Å²) >= 11 is 0. The predicted molar refractivity (Wildman–Crippen MR) is 49.3 cm³/mol. The second-order valence-corrected chi connectivity index (χ2v) is 3.05. The van der Waals surface area contributed by atoms with Crippen molar-refractivity contribution in [1.29, 1.82) is 0 Å². The zero-order valence-corrected chi connectivity index (χ0v) is 8.12. The van der Waals surface area contributed by atoms with E-state index in [4.69, 9.17) is 9.26 Å². The van der Waals surface area contributed by atoms with Crippen molar-refractivity contribution in [3.8, 4) is 0 Å². The Morgan fingerprint density at radius 2 is 2.54 bits per heavy atom. The first-order valence-corrected chi connectivity index (χ1v) is 4.44. The van der Waals surface area contributed by atoms with Crippen LogP contribution >= 0.6 is 0 Å². The van der Waals surface area contributed by atoms with E-state index < -0.39 is 0 Å². The Hall–Kier alpha value is -0.870. The third-order valence-corrected chi connectivity index (χ3v) is 1.88. The largest absolute Gasteiger partial charge is 0.385 e. The first kappa shape index (κ1) is 10.2. The van der Waals surface area contributed by atoms with E-state index >= 15 is 0 Å². The van der Waals surface area contributed by atoms with Gasteiger partial charge in [-0.3, -0.25) is 0 Å². The summed E-state index contributed by atoms with van der Waals surface area (Å²) in [4.78, 5) is 0. The molecule has 0 bridgehead atoms. The predicted octanol–water partition coefficient (Wildman–Crippen LogP) is 1.19. The van der Waals surface area contributed by atoms with Gasteiger partial charge in [0.05, 0.1) is 5.69 Å². The van der Waals surface area contributed by atoms with E-state index in [1.807, 2.05) is 6.07 Å². The molecule has 4 nitrogen and oxygen atoms in total. The maximum Gasteiger partial charge on any atom is 0.124 e. The summed E-state index contributed by atoms with van der Waals surface area (Å²) in [5.41, 5.74) is 0.935. The van der Waals surface area contributed by atoms with Crippen LogP contribution in [0.25, 0.3) is 0 Å². The Labute approximate surface area is 78.2 Å². The van der Waals surface area contributed by atoms with Crippen molar-refractivity contribution in [3.05, 3.63) is 18.0 Å². The molecule has 0 amide bonds. The van der Waals surface area contributed by atoms with Crippen LogP contribution in [0.2, 0.25) is 0 Å². The van der Waals surface area contributed by atoms with E-state index in [-0.39, 0.29) is 0 Å². The molecule has 1 rings (SSSR count).